The van der Waals surface area contributed by atoms with Gasteiger partial charge >= 0.3 is 0 Å². The lowest BCUT2D eigenvalue weighted by Gasteiger charge is -2.35. The standard InChI is InChI=1S/C32H41N7OS/c1-5-41-29(33)20-34-15-17-39(28-10-6-8-27-9-7-14-35-31(27)28)16-13-26-12-11-25(18-22(26)2)19-36-32(40)30-23(3)37-21-38-24(30)4/h5,7,9,11-12,14,18,21,28,33-34H,1,6,8,10,13,15-17,19-20H2,2-4H3,(H,36,40). The molecule has 1 aliphatic rings. The van der Waals surface area contributed by atoms with E-state index in [-0.39, 0.29) is 5.91 Å². The van der Waals surface area contributed by atoms with E-state index in [0.29, 0.717) is 41.1 Å². The Hall–Kier alpha value is -3.40. The number of rotatable bonds is 13. The Balaban J connectivity index is 1.39. The summed E-state index contributed by atoms with van der Waals surface area (Å²) in [5.41, 5.74) is 8.09. The van der Waals surface area contributed by atoms with Crippen LogP contribution in [0.4, 0.5) is 0 Å². The molecule has 0 fully saturated rings. The molecule has 4 rings (SSSR count). The maximum absolute atomic E-state index is 12.8. The van der Waals surface area contributed by atoms with Crippen LogP contribution >= 0.6 is 11.8 Å². The Morgan fingerprint density at radius 1 is 1.17 bits per heavy atom. The lowest BCUT2D eigenvalue weighted by atomic mass is 9.90. The van der Waals surface area contributed by atoms with Gasteiger partial charge in [-0.2, -0.15) is 0 Å². The molecular formula is C32H41N7OS. The van der Waals surface area contributed by atoms with Crippen LogP contribution in [0.5, 0.6) is 0 Å². The highest BCUT2D eigenvalue weighted by atomic mass is 32.2. The SMILES string of the molecule is C=CSC(=N)CNCCN(CCc1ccc(CNC(=O)c2c(C)ncnc2C)cc1C)C1CCCc2cccnc21. The summed E-state index contributed by atoms with van der Waals surface area (Å²) in [7, 11) is 0. The molecule has 1 unspecified atom stereocenters. The fourth-order valence-electron chi connectivity index (χ4n) is 5.54. The average Bonchev–Trinajstić information content (AvgIpc) is 2.96. The molecule has 0 radical (unpaired) electrons. The highest BCUT2D eigenvalue weighted by molar-refractivity contribution is 8.16. The van der Waals surface area contributed by atoms with Crippen molar-refractivity contribution in [2.75, 3.05) is 26.2 Å². The second-order valence-electron chi connectivity index (χ2n) is 10.5. The van der Waals surface area contributed by atoms with E-state index >= 15 is 0 Å². The van der Waals surface area contributed by atoms with Gasteiger partial charge < -0.3 is 10.6 Å². The normalized spacial score (nSPS) is 14.5. The van der Waals surface area contributed by atoms with E-state index < -0.39 is 0 Å². The summed E-state index contributed by atoms with van der Waals surface area (Å²) in [5, 5.41) is 16.7. The van der Waals surface area contributed by atoms with Crippen LogP contribution in [-0.2, 0) is 19.4 Å². The highest BCUT2D eigenvalue weighted by Gasteiger charge is 2.27. The van der Waals surface area contributed by atoms with Crippen molar-refractivity contribution in [3.8, 4) is 0 Å². The number of aryl methyl sites for hydroxylation is 4. The fourth-order valence-corrected chi connectivity index (χ4v) is 5.92. The quantitative estimate of drug-likeness (QED) is 0.149. The summed E-state index contributed by atoms with van der Waals surface area (Å²) in [6.07, 6.45) is 7.70. The minimum absolute atomic E-state index is 0.147. The fraction of sp³-hybridized carbons (Fsp3) is 0.406. The summed E-state index contributed by atoms with van der Waals surface area (Å²) in [4.78, 5) is 28.5. The van der Waals surface area contributed by atoms with Gasteiger partial charge in [0.1, 0.15) is 6.33 Å². The molecule has 216 valence electrons. The van der Waals surface area contributed by atoms with Crippen molar-refractivity contribution < 1.29 is 4.79 Å². The van der Waals surface area contributed by atoms with Crippen LogP contribution in [0.15, 0.2) is 54.8 Å². The Labute approximate surface area is 248 Å². The molecule has 1 atom stereocenters. The molecule has 3 N–H and O–H groups in total. The van der Waals surface area contributed by atoms with Gasteiger partial charge in [-0.1, -0.05) is 42.6 Å². The number of nitrogens with one attached hydrogen (secondary N) is 3. The van der Waals surface area contributed by atoms with Crippen LogP contribution in [0.3, 0.4) is 0 Å². The first-order valence-electron chi connectivity index (χ1n) is 14.3. The zero-order valence-electron chi connectivity index (χ0n) is 24.4. The first-order valence-corrected chi connectivity index (χ1v) is 15.1. The molecule has 1 aromatic carbocycles. The molecule has 0 bridgehead atoms. The molecular weight excluding hydrogens is 530 g/mol. The van der Waals surface area contributed by atoms with Crippen molar-refractivity contribution in [3.63, 3.8) is 0 Å². The number of fused-ring (bicyclic) bond motifs is 1. The maximum atomic E-state index is 12.8. The van der Waals surface area contributed by atoms with Crippen molar-refractivity contribution in [2.24, 2.45) is 0 Å². The zero-order chi connectivity index (χ0) is 29.2. The first kappa shape index (κ1) is 30.6. The average molecular weight is 572 g/mol. The molecule has 0 saturated heterocycles. The van der Waals surface area contributed by atoms with Gasteiger partial charge in [-0.15, -0.1) is 0 Å². The number of thioether (sulfide) groups is 1. The van der Waals surface area contributed by atoms with Gasteiger partial charge in [0.2, 0.25) is 0 Å². The van der Waals surface area contributed by atoms with Crippen LogP contribution in [0.25, 0.3) is 0 Å². The topological polar surface area (TPSA) is 107 Å². The van der Waals surface area contributed by atoms with Crippen molar-refractivity contribution in [1.82, 2.24) is 30.5 Å². The van der Waals surface area contributed by atoms with Crippen molar-refractivity contribution in [3.05, 3.63) is 99.7 Å². The van der Waals surface area contributed by atoms with E-state index in [4.69, 9.17) is 10.4 Å². The monoisotopic (exact) mass is 571 g/mol. The Morgan fingerprint density at radius 3 is 2.73 bits per heavy atom. The summed E-state index contributed by atoms with van der Waals surface area (Å²) in [6.45, 7) is 13.1. The van der Waals surface area contributed by atoms with Crippen molar-refractivity contribution in [1.29, 1.82) is 5.41 Å². The molecule has 2 aromatic heterocycles. The molecule has 0 aliphatic heterocycles. The van der Waals surface area contributed by atoms with E-state index in [9.17, 15) is 4.79 Å². The summed E-state index contributed by atoms with van der Waals surface area (Å²) >= 11 is 1.36. The number of carbonyl (C=O) groups is 1. The molecule has 9 heteroatoms. The maximum Gasteiger partial charge on any atom is 0.255 e. The van der Waals surface area contributed by atoms with Crippen LogP contribution in [0.1, 0.15) is 68.6 Å². The Kier molecular flexibility index (Phi) is 11.2. The second kappa shape index (κ2) is 15.0. The van der Waals surface area contributed by atoms with E-state index in [1.807, 2.05) is 26.1 Å². The molecule has 0 spiro atoms. The van der Waals surface area contributed by atoms with Gasteiger partial charge in [0, 0.05) is 38.9 Å². The van der Waals surface area contributed by atoms with Crippen molar-refractivity contribution in [2.45, 2.75) is 59.0 Å². The van der Waals surface area contributed by atoms with E-state index in [2.05, 4.69) is 63.3 Å². The number of amides is 1. The van der Waals surface area contributed by atoms with E-state index in [1.165, 1.54) is 46.9 Å². The Morgan fingerprint density at radius 2 is 1.98 bits per heavy atom. The van der Waals surface area contributed by atoms with Gasteiger partial charge in [-0.05, 0) is 80.2 Å². The predicted octanol–water partition coefficient (Wildman–Crippen LogP) is 5.09. The molecule has 8 nitrogen and oxygen atoms in total. The van der Waals surface area contributed by atoms with Crippen LogP contribution < -0.4 is 10.6 Å². The highest BCUT2D eigenvalue weighted by Crippen LogP contribution is 2.32. The van der Waals surface area contributed by atoms with Gasteiger partial charge in [-0.25, -0.2) is 9.97 Å². The third kappa shape index (κ3) is 8.31. The molecule has 2 heterocycles. The molecule has 3 aromatic rings. The van der Waals surface area contributed by atoms with E-state index in [0.717, 1.165) is 44.5 Å². The summed E-state index contributed by atoms with van der Waals surface area (Å²) < 4.78 is 0. The molecule has 1 aliphatic carbocycles. The predicted molar refractivity (Wildman–Crippen MR) is 167 cm³/mol. The summed E-state index contributed by atoms with van der Waals surface area (Å²) in [5.74, 6) is -0.147. The number of pyridine rings is 1. The van der Waals surface area contributed by atoms with Crippen molar-refractivity contribution >= 4 is 22.7 Å². The lowest BCUT2D eigenvalue weighted by molar-refractivity contribution is 0.0948. The number of hydrogen-bond donors (Lipinski definition) is 3. The Bertz CT molecular complexity index is 1360. The number of nitrogens with zero attached hydrogens (tertiary/aromatic N) is 4. The van der Waals surface area contributed by atoms with Gasteiger partial charge in [0.25, 0.3) is 5.91 Å². The molecule has 41 heavy (non-hydrogen) atoms. The van der Waals surface area contributed by atoms with Gasteiger partial charge in [0.15, 0.2) is 0 Å². The summed E-state index contributed by atoms with van der Waals surface area (Å²) in [6, 6.07) is 11.0. The number of carbonyl (C=O) groups excluding carboxylic acids is 1. The zero-order valence-corrected chi connectivity index (χ0v) is 25.2. The largest absolute Gasteiger partial charge is 0.348 e. The number of benzene rings is 1. The van der Waals surface area contributed by atoms with Crippen LogP contribution in [-0.4, -0.2) is 57.0 Å². The number of hydrogen-bond acceptors (Lipinski definition) is 8. The van der Waals surface area contributed by atoms with Crippen LogP contribution in [0, 0.1) is 26.2 Å². The first-order chi connectivity index (χ1) is 19.9. The number of aromatic nitrogens is 3. The minimum Gasteiger partial charge on any atom is -0.348 e. The molecule has 1 amide bonds. The molecule has 0 saturated carbocycles. The lowest BCUT2D eigenvalue weighted by Crippen LogP contribution is -2.39. The van der Waals surface area contributed by atoms with Gasteiger partial charge in [-0.3, -0.25) is 20.1 Å². The van der Waals surface area contributed by atoms with E-state index in [1.54, 1.807) is 5.41 Å². The van der Waals surface area contributed by atoms with Gasteiger partial charge in [0.05, 0.1) is 33.7 Å². The third-order valence-corrected chi connectivity index (χ3v) is 8.27. The van der Waals surface area contributed by atoms with Crippen LogP contribution in [0.2, 0.25) is 0 Å². The minimum atomic E-state index is -0.147. The second-order valence-corrected chi connectivity index (χ2v) is 11.6. The third-order valence-electron chi connectivity index (χ3n) is 7.67. The smallest absolute Gasteiger partial charge is 0.255 e.